The summed E-state index contributed by atoms with van der Waals surface area (Å²) < 4.78 is 5.46. The quantitative estimate of drug-likeness (QED) is 0.911. The lowest BCUT2D eigenvalue weighted by molar-refractivity contribution is 0.0922. The van der Waals surface area contributed by atoms with E-state index < -0.39 is 0 Å². The molecule has 1 aromatic rings. The van der Waals surface area contributed by atoms with E-state index in [1.54, 1.807) is 7.11 Å². The van der Waals surface area contributed by atoms with Crippen molar-refractivity contribution >= 4 is 5.91 Å². The zero-order valence-corrected chi connectivity index (χ0v) is 14.1. The van der Waals surface area contributed by atoms with E-state index in [1.807, 2.05) is 19.1 Å². The van der Waals surface area contributed by atoms with Crippen molar-refractivity contribution in [1.82, 2.24) is 5.32 Å². The Kier molecular flexibility index (Phi) is 4.16. The SMILES string of the molecule is COc1cc(C)c(C(=O)N[C@H]2C[C@H]3CC[C@H]2C3)cc1C(C)C. The Morgan fingerprint density at radius 3 is 2.59 bits per heavy atom. The molecule has 120 valence electrons. The maximum atomic E-state index is 12.7. The molecule has 0 unspecified atom stereocenters. The highest BCUT2D eigenvalue weighted by atomic mass is 16.5. The van der Waals surface area contributed by atoms with Crippen molar-refractivity contribution in [2.24, 2.45) is 11.8 Å². The largest absolute Gasteiger partial charge is 0.496 e. The predicted octanol–water partition coefficient (Wildman–Crippen LogP) is 4.05. The fourth-order valence-electron chi connectivity index (χ4n) is 4.24. The second-order valence-corrected chi connectivity index (χ2v) is 7.32. The highest BCUT2D eigenvalue weighted by Crippen LogP contribution is 2.44. The summed E-state index contributed by atoms with van der Waals surface area (Å²) in [6, 6.07) is 4.39. The first-order valence-corrected chi connectivity index (χ1v) is 8.49. The van der Waals surface area contributed by atoms with Gasteiger partial charge >= 0.3 is 0 Å². The smallest absolute Gasteiger partial charge is 0.251 e. The topological polar surface area (TPSA) is 38.3 Å². The van der Waals surface area contributed by atoms with Crippen molar-refractivity contribution in [2.75, 3.05) is 7.11 Å². The molecule has 0 heterocycles. The molecule has 2 aliphatic rings. The van der Waals surface area contributed by atoms with Crippen molar-refractivity contribution in [3.05, 3.63) is 28.8 Å². The number of methoxy groups -OCH3 is 1. The van der Waals surface area contributed by atoms with Gasteiger partial charge in [0.05, 0.1) is 7.11 Å². The van der Waals surface area contributed by atoms with Gasteiger partial charge in [-0.05, 0) is 67.2 Å². The van der Waals surface area contributed by atoms with Crippen LogP contribution in [0.25, 0.3) is 0 Å². The Labute approximate surface area is 133 Å². The van der Waals surface area contributed by atoms with E-state index >= 15 is 0 Å². The van der Waals surface area contributed by atoms with E-state index in [-0.39, 0.29) is 5.91 Å². The summed E-state index contributed by atoms with van der Waals surface area (Å²) in [6.07, 6.45) is 5.12. The molecule has 2 fully saturated rings. The first kappa shape index (κ1) is 15.4. The molecular formula is C19H27NO2. The Morgan fingerprint density at radius 1 is 1.27 bits per heavy atom. The second-order valence-electron chi connectivity index (χ2n) is 7.32. The van der Waals surface area contributed by atoms with Crippen molar-refractivity contribution in [1.29, 1.82) is 0 Å². The number of amides is 1. The van der Waals surface area contributed by atoms with Crippen molar-refractivity contribution in [3.63, 3.8) is 0 Å². The van der Waals surface area contributed by atoms with Crippen molar-refractivity contribution < 1.29 is 9.53 Å². The fraction of sp³-hybridized carbons (Fsp3) is 0.632. The number of nitrogens with one attached hydrogen (secondary N) is 1. The molecule has 0 aliphatic heterocycles. The highest BCUT2D eigenvalue weighted by Gasteiger charge is 2.40. The van der Waals surface area contributed by atoms with Gasteiger partial charge in [-0.3, -0.25) is 4.79 Å². The zero-order chi connectivity index (χ0) is 15.9. The summed E-state index contributed by atoms with van der Waals surface area (Å²) in [5.74, 6) is 2.85. The van der Waals surface area contributed by atoms with Gasteiger partial charge in [-0.1, -0.05) is 20.3 Å². The maximum Gasteiger partial charge on any atom is 0.251 e. The minimum atomic E-state index is 0.0830. The number of ether oxygens (including phenoxy) is 1. The van der Waals surface area contributed by atoms with Crippen LogP contribution in [0.1, 0.15) is 66.9 Å². The molecule has 3 heteroatoms. The average molecular weight is 301 g/mol. The van der Waals surface area contributed by atoms with Gasteiger partial charge in [-0.15, -0.1) is 0 Å². The van der Waals surface area contributed by atoms with Crippen LogP contribution < -0.4 is 10.1 Å². The van der Waals surface area contributed by atoms with Crippen LogP contribution in [0.4, 0.5) is 0 Å². The van der Waals surface area contributed by atoms with E-state index in [0.717, 1.165) is 28.4 Å². The van der Waals surface area contributed by atoms with Crippen molar-refractivity contribution in [3.8, 4) is 5.75 Å². The molecule has 3 rings (SSSR count). The van der Waals surface area contributed by atoms with Gasteiger partial charge in [-0.2, -0.15) is 0 Å². The molecule has 2 saturated carbocycles. The van der Waals surface area contributed by atoms with Crippen LogP contribution in [-0.4, -0.2) is 19.1 Å². The highest BCUT2D eigenvalue weighted by molar-refractivity contribution is 5.96. The third kappa shape index (κ3) is 2.73. The lowest BCUT2D eigenvalue weighted by Gasteiger charge is -2.24. The molecule has 0 saturated heterocycles. The monoisotopic (exact) mass is 301 g/mol. The number of hydrogen-bond donors (Lipinski definition) is 1. The van der Waals surface area contributed by atoms with E-state index in [4.69, 9.17) is 4.74 Å². The summed E-state index contributed by atoms with van der Waals surface area (Å²) in [5, 5.41) is 3.29. The molecule has 1 amide bonds. The Bertz CT molecular complexity index is 579. The number of fused-ring (bicyclic) bond motifs is 2. The minimum absolute atomic E-state index is 0.0830. The average Bonchev–Trinajstić information content (AvgIpc) is 3.08. The number of carbonyl (C=O) groups excluding carboxylic acids is 1. The lowest BCUT2D eigenvalue weighted by Crippen LogP contribution is -2.38. The molecule has 0 radical (unpaired) electrons. The van der Waals surface area contributed by atoms with Crippen LogP contribution in [-0.2, 0) is 0 Å². The normalized spacial score (nSPS) is 26.5. The molecular weight excluding hydrogens is 274 g/mol. The second kappa shape index (κ2) is 5.94. The molecule has 2 bridgehead atoms. The number of rotatable bonds is 4. The van der Waals surface area contributed by atoms with E-state index in [0.29, 0.717) is 17.9 Å². The molecule has 1 aromatic carbocycles. The Hall–Kier alpha value is -1.51. The predicted molar refractivity (Wildman–Crippen MR) is 88.5 cm³/mol. The van der Waals surface area contributed by atoms with Gasteiger partial charge < -0.3 is 10.1 Å². The first-order chi connectivity index (χ1) is 10.5. The van der Waals surface area contributed by atoms with Crippen LogP contribution in [0.2, 0.25) is 0 Å². The molecule has 3 atom stereocenters. The zero-order valence-electron chi connectivity index (χ0n) is 14.1. The minimum Gasteiger partial charge on any atom is -0.496 e. The van der Waals surface area contributed by atoms with Gasteiger partial charge in [-0.25, -0.2) is 0 Å². The fourth-order valence-corrected chi connectivity index (χ4v) is 4.24. The van der Waals surface area contributed by atoms with Crippen LogP contribution >= 0.6 is 0 Å². The Morgan fingerprint density at radius 2 is 2.05 bits per heavy atom. The molecule has 3 nitrogen and oxygen atoms in total. The standard InChI is InChI=1S/C19H27NO2/c1-11(2)15-10-16(12(3)7-18(15)22-4)19(21)20-17-9-13-5-6-14(17)8-13/h7,10-11,13-14,17H,5-6,8-9H2,1-4H3,(H,20,21)/t13-,14-,17-/m0/s1. The summed E-state index contributed by atoms with van der Waals surface area (Å²) >= 11 is 0. The number of hydrogen-bond acceptors (Lipinski definition) is 2. The third-order valence-electron chi connectivity index (χ3n) is 5.50. The summed E-state index contributed by atoms with van der Waals surface area (Å²) in [7, 11) is 1.69. The molecule has 22 heavy (non-hydrogen) atoms. The molecule has 1 N–H and O–H groups in total. The summed E-state index contributed by atoms with van der Waals surface area (Å²) in [4.78, 5) is 12.7. The van der Waals surface area contributed by atoms with Gasteiger partial charge in [0.1, 0.15) is 5.75 Å². The van der Waals surface area contributed by atoms with E-state index in [2.05, 4.69) is 19.2 Å². The van der Waals surface area contributed by atoms with Gasteiger partial charge in [0.2, 0.25) is 0 Å². The van der Waals surface area contributed by atoms with Crippen molar-refractivity contribution in [2.45, 2.75) is 58.4 Å². The molecule has 0 aromatic heterocycles. The maximum absolute atomic E-state index is 12.7. The van der Waals surface area contributed by atoms with E-state index in [9.17, 15) is 4.79 Å². The summed E-state index contributed by atoms with van der Waals surface area (Å²) in [5.41, 5.74) is 2.89. The van der Waals surface area contributed by atoms with E-state index in [1.165, 1.54) is 25.7 Å². The number of aryl methyl sites for hydroxylation is 1. The number of benzene rings is 1. The van der Waals surface area contributed by atoms with Crippen LogP contribution in [0.5, 0.6) is 5.75 Å². The van der Waals surface area contributed by atoms with Crippen LogP contribution in [0.15, 0.2) is 12.1 Å². The summed E-state index contributed by atoms with van der Waals surface area (Å²) in [6.45, 7) is 6.25. The molecule has 0 spiro atoms. The lowest BCUT2D eigenvalue weighted by atomic mass is 9.93. The van der Waals surface area contributed by atoms with Gasteiger partial charge in [0, 0.05) is 11.6 Å². The third-order valence-corrected chi connectivity index (χ3v) is 5.50. The van der Waals surface area contributed by atoms with Crippen LogP contribution in [0.3, 0.4) is 0 Å². The first-order valence-electron chi connectivity index (χ1n) is 8.49. The van der Waals surface area contributed by atoms with Gasteiger partial charge in [0.25, 0.3) is 5.91 Å². The van der Waals surface area contributed by atoms with Crippen LogP contribution in [0, 0.1) is 18.8 Å². The molecule has 2 aliphatic carbocycles. The number of carbonyl (C=O) groups is 1. The van der Waals surface area contributed by atoms with Gasteiger partial charge in [0.15, 0.2) is 0 Å². The Balaban J connectivity index is 1.81.